The number of rotatable bonds is 7. The van der Waals surface area contributed by atoms with E-state index in [1.165, 1.54) is 42.9 Å². The number of ether oxygens (including phenoxy) is 2. The van der Waals surface area contributed by atoms with E-state index in [0.29, 0.717) is 16.1 Å². The van der Waals surface area contributed by atoms with Gasteiger partial charge in [0, 0.05) is 22.7 Å². The number of hydrogen-bond donors (Lipinski definition) is 1. The molecule has 0 aliphatic heterocycles. The SMILES string of the molecule is COC(=O)c1cc(Oc2cc(NC(=O)c3cc4cc(C(C)(C)S(C)(=O)=O)ccc4s3)cc(Cl)n2)no1. The normalized spacial score (nSPS) is 11.9. The predicted octanol–water partition coefficient (Wildman–Crippen LogP) is 5.05. The lowest BCUT2D eigenvalue weighted by Gasteiger charge is -2.23. The lowest BCUT2D eigenvalue weighted by Crippen LogP contribution is -2.27. The Morgan fingerprint density at radius 2 is 1.86 bits per heavy atom. The van der Waals surface area contributed by atoms with Gasteiger partial charge in [0.2, 0.25) is 11.6 Å². The van der Waals surface area contributed by atoms with Gasteiger partial charge in [0.1, 0.15) is 5.15 Å². The van der Waals surface area contributed by atoms with E-state index < -0.39 is 26.5 Å². The summed E-state index contributed by atoms with van der Waals surface area (Å²) >= 11 is 7.34. The summed E-state index contributed by atoms with van der Waals surface area (Å²) in [4.78, 5) is 28.9. The third-order valence-electron chi connectivity index (χ3n) is 5.47. The maximum absolute atomic E-state index is 12.9. The quantitative estimate of drug-likeness (QED) is 0.248. The third kappa shape index (κ3) is 5.20. The van der Waals surface area contributed by atoms with Crippen molar-refractivity contribution in [3.8, 4) is 11.8 Å². The van der Waals surface area contributed by atoms with Crippen molar-refractivity contribution in [2.45, 2.75) is 18.6 Å². The second kappa shape index (κ2) is 9.52. The number of hydrogen-bond acceptors (Lipinski definition) is 10. The number of esters is 1. The van der Waals surface area contributed by atoms with E-state index in [1.54, 1.807) is 38.1 Å². The van der Waals surface area contributed by atoms with Gasteiger partial charge in [-0.3, -0.25) is 4.79 Å². The highest BCUT2D eigenvalue weighted by Gasteiger charge is 2.32. The minimum Gasteiger partial charge on any atom is -0.463 e. The van der Waals surface area contributed by atoms with E-state index in [4.69, 9.17) is 20.9 Å². The summed E-state index contributed by atoms with van der Waals surface area (Å²) in [5.74, 6) is -1.33. The van der Waals surface area contributed by atoms with Gasteiger partial charge in [0.25, 0.3) is 11.8 Å². The van der Waals surface area contributed by atoms with Gasteiger partial charge in [-0.2, -0.15) is 0 Å². The Hall–Kier alpha value is -3.48. The van der Waals surface area contributed by atoms with Crippen molar-refractivity contribution >= 4 is 60.4 Å². The number of benzene rings is 1. The van der Waals surface area contributed by atoms with Crippen LogP contribution in [0.1, 0.15) is 39.6 Å². The fourth-order valence-corrected chi connectivity index (χ4v) is 4.84. The van der Waals surface area contributed by atoms with E-state index >= 15 is 0 Å². The number of fused-ring (bicyclic) bond motifs is 1. The van der Waals surface area contributed by atoms with E-state index in [0.717, 1.165) is 10.1 Å². The zero-order valence-electron chi connectivity index (χ0n) is 19.5. The second-order valence-corrected chi connectivity index (χ2v) is 12.3. The van der Waals surface area contributed by atoms with E-state index in [9.17, 15) is 18.0 Å². The van der Waals surface area contributed by atoms with Crippen molar-refractivity contribution in [1.82, 2.24) is 10.1 Å². The van der Waals surface area contributed by atoms with Crippen LogP contribution in [0.5, 0.6) is 11.8 Å². The van der Waals surface area contributed by atoms with Crippen LogP contribution in [0.15, 0.2) is 47.0 Å². The van der Waals surface area contributed by atoms with Crippen molar-refractivity contribution < 1.29 is 32.0 Å². The molecule has 188 valence electrons. The molecule has 4 rings (SSSR count). The molecule has 0 spiro atoms. The van der Waals surface area contributed by atoms with Crippen LogP contribution >= 0.6 is 22.9 Å². The molecule has 3 aromatic heterocycles. The van der Waals surface area contributed by atoms with E-state index in [2.05, 4.69) is 20.2 Å². The predicted molar refractivity (Wildman–Crippen MR) is 135 cm³/mol. The molecule has 1 aromatic carbocycles. The van der Waals surface area contributed by atoms with Crippen LogP contribution in [0.25, 0.3) is 10.1 Å². The molecule has 0 atom stereocenters. The standard InChI is InChI=1S/C23H20ClN3O7S2/c1-23(2,36(4,30)31)13-5-6-16-12(7-13)8-17(35-16)21(28)25-14-9-18(24)26-19(10-14)33-20-11-15(34-27-20)22(29)32-3/h5-11H,1-4H3,(H,25,26,28). The molecule has 13 heteroatoms. The fraction of sp³-hybridized carbons (Fsp3) is 0.217. The number of nitrogens with one attached hydrogen (secondary N) is 1. The Morgan fingerprint density at radius 1 is 1.11 bits per heavy atom. The number of sulfone groups is 1. The first-order valence-electron chi connectivity index (χ1n) is 10.3. The summed E-state index contributed by atoms with van der Waals surface area (Å²) in [6.07, 6.45) is 1.20. The first-order chi connectivity index (χ1) is 16.9. The molecule has 36 heavy (non-hydrogen) atoms. The number of thiophene rings is 1. The number of aromatic nitrogens is 2. The largest absolute Gasteiger partial charge is 0.463 e. The topological polar surface area (TPSA) is 138 Å². The average Bonchev–Trinajstić information content (AvgIpc) is 3.44. The van der Waals surface area contributed by atoms with Crippen molar-refractivity contribution in [1.29, 1.82) is 0 Å². The minimum absolute atomic E-state index is 0.00602. The highest BCUT2D eigenvalue weighted by Crippen LogP contribution is 2.34. The molecule has 0 bridgehead atoms. The molecule has 3 heterocycles. The van der Waals surface area contributed by atoms with Crippen LogP contribution < -0.4 is 10.1 Å². The van der Waals surface area contributed by atoms with Gasteiger partial charge in [-0.15, -0.1) is 11.3 Å². The summed E-state index contributed by atoms with van der Waals surface area (Å²) in [7, 11) is -2.15. The molecule has 1 amide bonds. The number of amides is 1. The van der Waals surface area contributed by atoms with E-state index in [1.807, 2.05) is 0 Å². The minimum atomic E-state index is -3.35. The molecule has 0 fully saturated rings. The van der Waals surface area contributed by atoms with Crippen molar-refractivity contribution in [2.75, 3.05) is 18.7 Å². The molecular weight excluding hydrogens is 530 g/mol. The monoisotopic (exact) mass is 549 g/mol. The highest BCUT2D eigenvalue weighted by atomic mass is 35.5. The number of carbonyl (C=O) groups is 2. The van der Waals surface area contributed by atoms with Gasteiger partial charge in [-0.05, 0) is 54.2 Å². The molecule has 0 aliphatic rings. The van der Waals surface area contributed by atoms with Gasteiger partial charge in [0.05, 0.1) is 22.8 Å². The molecule has 0 saturated heterocycles. The Labute approximate surface area is 215 Å². The number of nitrogens with zero attached hydrogens (tertiary/aromatic N) is 2. The number of halogens is 1. The maximum Gasteiger partial charge on any atom is 0.377 e. The Morgan fingerprint density at radius 3 is 2.56 bits per heavy atom. The van der Waals surface area contributed by atoms with Gasteiger partial charge in [-0.1, -0.05) is 17.7 Å². The van der Waals surface area contributed by atoms with Crippen LogP contribution in [-0.4, -0.2) is 43.8 Å². The molecule has 0 aliphatic carbocycles. The molecule has 4 aromatic rings. The van der Waals surface area contributed by atoms with Crippen molar-refractivity contribution in [3.05, 3.63) is 63.8 Å². The molecule has 0 unspecified atom stereocenters. The fourth-order valence-electron chi connectivity index (χ4n) is 3.14. The molecule has 1 N–H and O–H groups in total. The highest BCUT2D eigenvalue weighted by molar-refractivity contribution is 7.91. The first kappa shape index (κ1) is 25.6. The summed E-state index contributed by atoms with van der Waals surface area (Å²) in [6.45, 7) is 3.29. The van der Waals surface area contributed by atoms with Crippen molar-refractivity contribution in [3.63, 3.8) is 0 Å². The molecule has 10 nitrogen and oxygen atoms in total. The molecule has 0 saturated carbocycles. The smallest absolute Gasteiger partial charge is 0.377 e. The van der Waals surface area contributed by atoms with Gasteiger partial charge < -0.3 is 19.3 Å². The van der Waals surface area contributed by atoms with Crippen LogP contribution in [-0.2, 0) is 19.3 Å². The first-order valence-corrected chi connectivity index (χ1v) is 13.4. The van der Waals surface area contributed by atoms with Gasteiger partial charge in [-0.25, -0.2) is 18.2 Å². The number of methoxy groups -OCH3 is 1. The number of anilines is 1. The van der Waals surface area contributed by atoms with Crippen LogP contribution in [0.2, 0.25) is 5.15 Å². The maximum atomic E-state index is 12.9. The number of carbonyl (C=O) groups excluding carboxylic acids is 2. The third-order valence-corrected chi connectivity index (χ3v) is 8.87. The summed E-state index contributed by atoms with van der Waals surface area (Å²) in [6, 6.07) is 11.1. The zero-order valence-corrected chi connectivity index (χ0v) is 21.9. The van der Waals surface area contributed by atoms with Crippen molar-refractivity contribution in [2.24, 2.45) is 0 Å². The Bertz CT molecular complexity index is 1590. The lowest BCUT2D eigenvalue weighted by molar-refractivity contribution is 0.0554. The van der Waals surface area contributed by atoms with Gasteiger partial charge in [0.15, 0.2) is 9.84 Å². The number of pyridine rings is 1. The lowest BCUT2D eigenvalue weighted by atomic mass is 10.0. The van der Waals surface area contributed by atoms with Crippen LogP contribution in [0.3, 0.4) is 0 Å². The Kier molecular flexibility index (Phi) is 6.78. The van der Waals surface area contributed by atoms with Crippen LogP contribution in [0, 0.1) is 0 Å². The Balaban J connectivity index is 1.55. The van der Waals surface area contributed by atoms with E-state index in [-0.39, 0.29) is 22.7 Å². The van der Waals surface area contributed by atoms with Gasteiger partial charge >= 0.3 is 5.97 Å². The average molecular weight is 550 g/mol. The second-order valence-electron chi connectivity index (χ2n) is 8.24. The summed E-state index contributed by atoms with van der Waals surface area (Å²) in [5, 5.41) is 7.15. The molecular formula is C23H20ClN3O7S2. The molecule has 0 radical (unpaired) electrons. The summed E-state index contributed by atoms with van der Waals surface area (Å²) in [5.41, 5.74) is 0.941. The zero-order chi connectivity index (χ0) is 26.3. The van der Waals surface area contributed by atoms with Crippen LogP contribution in [0.4, 0.5) is 5.69 Å². The summed E-state index contributed by atoms with van der Waals surface area (Å²) < 4.78 is 39.0.